The zero-order valence-electron chi connectivity index (χ0n) is 10.2. The fraction of sp³-hybridized carbons (Fsp3) is 0.385. The molecular formula is C13H15ClN2O3. The second kappa shape index (κ2) is 5.48. The maximum atomic E-state index is 12.0. The van der Waals surface area contributed by atoms with E-state index >= 15 is 0 Å². The number of carbonyl (C=O) groups excluding carboxylic acids is 1. The average Bonchev–Trinajstić information content (AvgIpc) is 2.76. The Hall–Kier alpha value is -1.75. The summed E-state index contributed by atoms with van der Waals surface area (Å²) >= 11 is 5.84. The molecule has 2 unspecified atom stereocenters. The highest BCUT2D eigenvalue weighted by molar-refractivity contribution is 6.31. The Bertz CT molecular complexity index is 498. The van der Waals surface area contributed by atoms with Gasteiger partial charge in [0.05, 0.1) is 5.92 Å². The molecule has 102 valence electrons. The van der Waals surface area contributed by atoms with Crippen LogP contribution in [0, 0.1) is 5.92 Å². The molecule has 2 rings (SSSR count). The highest BCUT2D eigenvalue weighted by atomic mass is 35.5. The van der Waals surface area contributed by atoms with Crippen LogP contribution in [0.1, 0.15) is 29.6 Å². The third-order valence-corrected chi connectivity index (χ3v) is 3.52. The van der Waals surface area contributed by atoms with Gasteiger partial charge in [0, 0.05) is 22.3 Å². The number of carbonyl (C=O) groups is 2. The van der Waals surface area contributed by atoms with Crippen LogP contribution in [0.2, 0.25) is 5.02 Å². The third-order valence-electron chi connectivity index (χ3n) is 3.30. The van der Waals surface area contributed by atoms with Crippen molar-refractivity contribution in [2.45, 2.75) is 25.3 Å². The predicted molar refractivity (Wildman–Crippen MR) is 72.1 cm³/mol. The van der Waals surface area contributed by atoms with Crippen molar-refractivity contribution in [3.8, 4) is 0 Å². The van der Waals surface area contributed by atoms with Gasteiger partial charge in [0.1, 0.15) is 0 Å². The van der Waals surface area contributed by atoms with E-state index in [1.807, 2.05) is 0 Å². The number of halogens is 1. The molecule has 0 saturated heterocycles. The maximum Gasteiger partial charge on any atom is 0.306 e. The van der Waals surface area contributed by atoms with Gasteiger partial charge in [-0.15, -0.1) is 0 Å². The van der Waals surface area contributed by atoms with E-state index in [9.17, 15) is 9.59 Å². The van der Waals surface area contributed by atoms with Gasteiger partial charge in [-0.05, 0) is 37.5 Å². The van der Waals surface area contributed by atoms with Crippen LogP contribution in [0.4, 0.5) is 5.69 Å². The summed E-state index contributed by atoms with van der Waals surface area (Å²) in [5.74, 6) is -1.44. The molecule has 1 fully saturated rings. The van der Waals surface area contributed by atoms with E-state index < -0.39 is 5.97 Å². The summed E-state index contributed by atoms with van der Waals surface area (Å²) in [7, 11) is 0. The monoisotopic (exact) mass is 282 g/mol. The lowest BCUT2D eigenvalue weighted by Gasteiger charge is -2.13. The summed E-state index contributed by atoms with van der Waals surface area (Å²) in [6.45, 7) is 0. The number of nitrogen functional groups attached to an aromatic ring is 1. The Labute approximate surface area is 115 Å². The lowest BCUT2D eigenvalue weighted by Crippen LogP contribution is -2.33. The van der Waals surface area contributed by atoms with Gasteiger partial charge in [0.2, 0.25) is 0 Å². The summed E-state index contributed by atoms with van der Waals surface area (Å²) < 4.78 is 0. The van der Waals surface area contributed by atoms with Gasteiger partial charge in [-0.25, -0.2) is 0 Å². The van der Waals surface area contributed by atoms with E-state index in [1.54, 1.807) is 12.1 Å². The smallest absolute Gasteiger partial charge is 0.306 e. The first-order valence-electron chi connectivity index (χ1n) is 6.05. The van der Waals surface area contributed by atoms with E-state index in [2.05, 4.69) is 5.32 Å². The van der Waals surface area contributed by atoms with Gasteiger partial charge in [0.25, 0.3) is 5.91 Å². The SMILES string of the molecule is Nc1cc(Cl)cc(C(=O)NC2CCC(C(=O)O)C2)c1. The van der Waals surface area contributed by atoms with Gasteiger partial charge in [-0.3, -0.25) is 9.59 Å². The minimum absolute atomic E-state index is 0.103. The molecule has 6 heteroatoms. The molecule has 1 saturated carbocycles. The summed E-state index contributed by atoms with van der Waals surface area (Å²) in [6.07, 6.45) is 1.74. The van der Waals surface area contributed by atoms with Crippen LogP contribution in [0.25, 0.3) is 0 Å². The highest BCUT2D eigenvalue weighted by Crippen LogP contribution is 2.26. The first-order valence-corrected chi connectivity index (χ1v) is 6.43. The lowest BCUT2D eigenvalue weighted by atomic mass is 10.1. The number of benzene rings is 1. The molecule has 19 heavy (non-hydrogen) atoms. The number of anilines is 1. The molecule has 5 nitrogen and oxygen atoms in total. The van der Waals surface area contributed by atoms with Gasteiger partial charge < -0.3 is 16.2 Å². The van der Waals surface area contributed by atoms with Crippen LogP contribution in [-0.4, -0.2) is 23.0 Å². The largest absolute Gasteiger partial charge is 0.481 e. The van der Waals surface area contributed by atoms with Crippen LogP contribution < -0.4 is 11.1 Å². The molecule has 0 radical (unpaired) electrons. The van der Waals surface area contributed by atoms with E-state index in [0.29, 0.717) is 35.5 Å². The standard InChI is InChI=1S/C13H15ClN2O3/c14-9-3-8(4-10(15)6-9)12(17)16-11-2-1-7(5-11)13(18)19/h3-4,6-7,11H,1-2,5,15H2,(H,16,17)(H,18,19). The van der Waals surface area contributed by atoms with E-state index in [0.717, 1.165) is 0 Å². The number of aliphatic carboxylic acids is 1. The Kier molecular flexibility index (Phi) is 3.95. The highest BCUT2D eigenvalue weighted by Gasteiger charge is 2.30. The topological polar surface area (TPSA) is 92.4 Å². The van der Waals surface area contributed by atoms with E-state index in [1.165, 1.54) is 6.07 Å². The number of carboxylic acids is 1. The molecule has 4 N–H and O–H groups in total. The molecular weight excluding hydrogens is 268 g/mol. The number of amides is 1. The van der Waals surface area contributed by atoms with Crippen molar-refractivity contribution >= 4 is 29.2 Å². The van der Waals surface area contributed by atoms with Crippen molar-refractivity contribution in [2.24, 2.45) is 5.92 Å². The Morgan fingerprint density at radius 3 is 2.63 bits per heavy atom. The zero-order valence-corrected chi connectivity index (χ0v) is 11.0. The molecule has 0 aliphatic heterocycles. The second-order valence-electron chi connectivity index (χ2n) is 4.79. The van der Waals surface area contributed by atoms with Crippen LogP contribution in [-0.2, 0) is 4.79 Å². The van der Waals surface area contributed by atoms with Crippen LogP contribution in [0.15, 0.2) is 18.2 Å². The summed E-state index contributed by atoms with van der Waals surface area (Å²) in [4.78, 5) is 22.9. The van der Waals surface area contributed by atoms with Crippen LogP contribution in [0.3, 0.4) is 0 Å². The summed E-state index contributed by atoms with van der Waals surface area (Å²) in [5.41, 5.74) is 6.44. The number of hydrogen-bond donors (Lipinski definition) is 3. The number of hydrogen-bond acceptors (Lipinski definition) is 3. The number of carboxylic acid groups (broad SMARTS) is 1. The van der Waals surface area contributed by atoms with Crippen molar-refractivity contribution in [2.75, 3.05) is 5.73 Å². The van der Waals surface area contributed by atoms with Crippen LogP contribution >= 0.6 is 11.6 Å². The van der Waals surface area contributed by atoms with Crippen molar-refractivity contribution in [1.82, 2.24) is 5.32 Å². The molecule has 1 aliphatic rings. The molecule has 1 aromatic rings. The molecule has 2 atom stereocenters. The number of nitrogens with one attached hydrogen (secondary N) is 1. The maximum absolute atomic E-state index is 12.0. The van der Waals surface area contributed by atoms with Crippen molar-refractivity contribution in [3.63, 3.8) is 0 Å². The molecule has 1 amide bonds. The van der Waals surface area contributed by atoms with E-state index in [-0.39, 0.29) is 17.9 Å². The molecule has 0 heterocycles. The predicted octanol–water partition coefficient (Wildman–Crippen LogP) is 1.91. The number of rotatable bonds is 3. The molecule has 0 bridgehead atoms. The van der Waals surface area contributed by atoms with Crippen LogP contribution in [0.5, 0.6) is 0 Å². The number of nitrogens with two attached hydrogens (primary N) is 1. The Balaban J connectivity index is 2.00. The second-order valence-corrected chi connectivity index (χ2v) is 5.23. The van der Waals surface area contributed by atoms with E-state index in [4.69, 9.17) is 22.4 Å². The first kappa shape index (κ1) is 13.7. The molecule has 1 aromatic carbocycles. The Morgan fingerprint density at radius 1 is 1.32 bits per heavy atom. The quantitative estimate of drug-likeness (QED) is 0.738. The third kappa shape index (κ3) is 3.38. The first-order chi connectivity index (χ1) is 8.95. The zero-order chi connectivity index (χ0) is 14.0. The van der Waals surface area contributed by atoms with Gasteiger partial charge >= 0.3 is 5.97 Å². The normalized spacial score (nSPS) is 22.2. The average molecular weight is 283 g/mol. The van der Waals surface area contributed by atoms with Gasteiger partial charge in [0.15, 0.2) is 0 Å². The van der Waals surface area contributed by atoms with Gasteiger partial charge in [-0.1, -0.05) is 11.6 Å². The molecule has 0 spiro atoms. The van der Waals surface area contributed by atoms with Crippen molar-refractivity contribution in [3.05, 3.63) is 28.8 Å². The molecule has 0 aromatic heterocycles. The molecule has 1 aliphatic carbocycles. The van der Waals surface area contributed by atoms with Crippen molar-refractivity contribution in [1.29, 1.82) is 0 Å². The van der Waals surface area contributed by atoms with Crippen molar-refractivity contribution < 1.29 is 14.7 Å². The fourth-order valence-electron chi connectivity index (χ4n) is 2.35. The fourth-order valence-corrected chi connectivity index (χ4v) is 2.59. The summed E-state index contributed by atoms with van der Waals surface area (Å²) in [5, 5.41) is 12.1. The minimum Gasteiger partial charge on any atom is -0.481 e. The minimum atomic E-state index is -0.802. The van der Waals surface area contributed by atoms with Gasteiger partial charge in [-0.2, -0.15) is 0 Å². The Morgan fingerprint density at radius 2 is 2.05 bits per heavy atom. The lowest BCUT2D eigenvalue weighted by molar-refractivity contribution is -0.141. The summed E-state index contributed by atoms with van der Waals surface area (Å²) in [6, 6.07) is 4.55.